The van der Waals surface area contributed by atoms with Crippen LogP contribution in [0.3, 0.4) is 0 Å². The lowest BCUT2D eigenvalue weighted by Crippen LogP contribution is -2.41. The summed E-state index contributed by atoms with van der Waals surface area (Å²) >= 11 is 0. The molecule has 0 fully saturated rings. The zero-order valence-electron chi connectivity index (χ0n) is 17.4. The van der Waals surface area contributed by atoms with Gasteiger partial charge < -0.3 is 10.1 Å². The summed E-state index contributed by atoms with van der Waals surface area (Å²) in [5, 5.41) is 2.80. The van der Waals surface area contributed by atoms with Crippen molar-refractivity contribution < 1.29 is 17.9 Å². The SMILES string of the molecule is COc1ccc(S(=O)(=O)N(CCc2ccccc2)CC(=O)NCc2ccccc2)cc1. The number of sulfonamides is 1. The van der Waals surface area contributed by atoms with Crippen molar-refractivity contribution in [2.75, 3.05) is 20.2 Å². The predicted octanol–water partition coefficient (Wildman–Crippen LogP) is 3.25. The Balaban J connectivity index is 1.75. The molecule has 0 aliphatic carbocycles. The number of methoxy groups -OCH3 is 1. The van der Waals surface area contributed by atoms with Gasteiger partial charge in [0.15, 0.2) is 0 Å². The van der Waals surface area contributed by atoms with E-state index in [1.54, 1.807) is 12.1 Å². The van der Waals surface area contributed by atoms with Gasteiger partial charge in [0.05, 0.1) is 18.6 Å². The summed E-state index contributed by atoms with van der Waals surface area (Å²) in [5.41, 5.74) is 1.95. The Morgan fingerprint density at radius 2 is 1.45 bits per heavy atom. The molecule has 0 heterocycles. The molecule has 0 aromatic heterocycles. The molecule has 0 atom stereocenters. The zero-order valence-corrected chi connectivity index (χ0v) is 18.2. The monoisotopic (exact) mass is 438 g/mol. The smallest absolute Gasteiger partial charge is 0.243 e. The van der Waals surface area contributed by atoms with Crippen LogP contribution >= 0.6 is 0 Å². The van der Waals surface area contributed by atoms with Gasteiger partial charge in [-0.2, -0.15) is 4.31 Å². The third kappa shape index (κ3) is 6.41. The minimum Gasteiger partial charge on any atom is -0.497 e. The Bertz CT molecular complexity index is 1070. The van der Waals surface area contributed by atoms with Gasteiger partial charge in [0.1, 0.15) is 5.75 Å². The van der Waals surface area contributed by atoms with Crippen molar-refractivity contribution in [2.45, 2.75) is 17.9 Å². The van der Waals surface area contributed by atoms with Gasteiger partial charge in [-0.3, -0.25) is 4.79 Å². The van der Waals surface area contributed by atoms with Gasteiger partial charge in [-0.1, -0.05) is 60.7 Å². The number of carbonyl (C=O) groups is 1. The van der Waals surface area contributed by atoms with Crippen LogP contribution in [0.5, 0.6) is 5.75 Å². The van der Waals surface area contributed by atoms with Crippen LogP contribution in [-0.4, -0.2) is 38.8 Å². The number of hydrogen-bond acceptors (Lipinski definition) is 4. The molecule has 162 valence electrons. The minimum absolute atomic E-state index is 0.122. The molecule has 0 aliphatic rings. The van der Waals surface area contributed by atoms with Crippen LogP contribution in [0, 0.1) is 0 Å². The number of ether oxygens (including phenoxy) is 1. The number of nitrogens with zero attached hydrogens (tertiary/aromatic N) is 1. The maximum absolute atomic E-state index is 13.3. The number of benzene rings is 3. The van der Waals surface area contributed by atoms with Gasteiger partial charge in [-0.15, -0.1) is 0 Å². The first kappa shape index (κ1) is 22.5. The van der Waals surface area contributed by atoms with Gasteiger partial charge in [0.25, 0.3) is 0 Å². The third-order valence-electron chi connectivity index (χ3n) is 4.84. The van der Waals surface area contributed by atoms with E-state index in [0.717, 1.165) is 11.1 Å². The topological polar surface area (TPSA) is 75.7 Å². The summed E-state index contributed by atoms with van der Waals surface area (Å²) in [5.74, 6) is 0.212. The van der Waals surface area contributed by atoms with E-state index in [4.69, 9.17) is 4.74 Å². The summed E-state index contributed by atoms with van der Waals surface area (Å²) in [6.07, 6.45) is 0.502. The van der Waals surface area contributed by atoms with Crippen molar-refractivity contribution in [1.29, 1.82) is 0 Å². The number of amides is 1. The van der Waals surface area contributed by atoms with Gasteiger partial charge in [0.2, 0.25) is 15.9 Å². The third-order valence-corrected chi connectivity index (χ3v) is 6.70. The summed E-state index contributed by atoms with van der Waals surface area (Å²) in [4.78, 5) is 12.7. The van der Waals surface area contributed by atoms with Gasteiger partial charge >= 0.3 is 0 Å². The first-order valence-electron chi connectivity index (χ1n) is 9.98. The number of rotatable bonds is 10. The molecule has 3 aromatic rings. The van der Waals surface area contributed by atoms with Crippen LogP contribution < -0.4 is 10.1 Å². The van der Waals surface area contributed by atoms with Gasteiger partial charge in [-0.25, -0.2) is 8.42 Å². The Kier molecular flexibility index (Phi) is 7.81. The lowest BCUT2D eigenvalue weighted by Gasteiger charge is -2.22. The minimum atomic E-state index is -3.86. The average Bonchev–Trinajstić information content (AvgIpc) is 2.81. The summed E-state index contributed by atoms with van der Waals surface area (Å²) in [7, 11) is -2.34. The molecule has 0 aliphatic heterocycles. The zero-order chi connectivity index (χ0) is 22.1. The Labute approximate surface area is 183 Å². The normalized spacial score (nSPS) is 11.3. The highest BCUT2D eigenvalue weighted by atomic mass is 32.2. The molecule has 1 N–H and O–H groups in total. The average molecular weight is 439 g/mol. The molecule has 3 rings (SSSR count). The second-order valence-corrected chi connectivity index (χ2v) is 8.95. The van der Waals surface area contributed by atoms with Crippen LogP contribution in [0.4, 0.5) is 0 Å². The lowest BCUT2D eigenvalue weighted by molar-refractivity contribution is -0.121. The molecule has 0 saturated heterocycles. The highest BCUT2D eigenvalue weighted by Crippen LogP contribution is 2.20. The van der Waals surface area contributed by atoms with E-state index in [1.807, 2.05) is 60.7 Å². The van der Waals surface area contributed by atoms with E-state index in [-0.39, 0.29) is 23.9 Å². The summed E-state index contributed by atoms with van der Waals surface area (Å²) in [6.45, 7) is 0.278. The van der Waals surface area contributed by atoms with Crippen LogP contribution in [0.25, 0.3) is 0 Å². The largest absolute Gasteiger partial charge is 0.497 e. The lowest BCUT2D eigenvalue weighted by atomic mass is 10.1. The maximum atomic E-state index is 13.3. The molecule has 1 amide bonds. The van der Waals surface area contributed by atoms with Crippen molar-refractivity contribution in [3.63, 3.8) is 0 Å². The molecular formula is C24H26N2O4S. The van der Waals surface area contributed by atoms with Gasteiger partial charge in [-0.05, 0) is 41.8 Å². The van der Waals surface area contributed by atoms with Crippen LogP contribution in [0.15, 0.2) is 89.8 Å². The number of carbonyl (C=O) groups excluding carboxylic acids is 1. The molecule has 0 radical (unpaired) electrons. The van der Waals surface area contributed by atoms with Crippen LogP contribution in [-0.2, 0) is 27.8 Å². The number of nitrogens with one attached hydrogen (secondary N) is 1. The van der Waals surface area contributed by atoms with Crippen molar-refractivity contribution in [3.05, 3.63) is 96.1 Å². The van der Waals surface area contributed by atoms with Crippen molar-refractivity contribution in [2.24, 2.45) is 0 Å². The molecule has 0 unspecified atom stereocenters. The second-order valence-electron chi connectivity index (χ2n) is 7.01. The fraction of sp³-hybridized carbons (Fsp3) is 0.208. The van der Waals surface area contributed by atoms with E-state index in [1.165, 1.54) is 23.5 Å². The Hall–Kier alpha value is -3.16. The molecule has 31 heavy (non-hydrogen) atoms. The molecular weight excluding hydrogens is 412 g/mol. The molecule has 0 spiro atoms. The standard InChI is InChI=1S/C24H26N2O4S/c1-30-22-12-14-23(15-13-22)31(28,29)26(17-16-20-8-4-2-5-9-20)19-24(27)25-18-21-10-6-3-7-11-21/h2-15H,16-19H2,1H3,(H,25,27). The fourth-order valence-electron chi connectivity index (χ4n) is 3.09. The highest BCUT2D eigenvalue weighted by Gasteiger charge is 2.26. The molecule has 0 saturated carbocycles. The summed E-state index contributed by atoms with van der Waals surface area (Å²) in [6, 6.07) is 25.3. The van der Waals surface area contributed by atoms with Crippen molar-refractivity contribution >= 4 is 15.9 Å². The van der Waals surface area contributed by atoms with E-state index in [9.17, 15) is 13.2 Å². The van der Waals surface area contributed by atoms with E-state index in [2.05, 4.69) is 5.32 Å². The quantitative estimate of drug-likeness (QED) is 0.527. The van der Waals surface area contributed by atoms with Crippen LogP contribution in [0.1, 0.15) is 11.1 Å². The highest BCUT2D eigenvalue weighted by molar-refractivity contribution is 7.89. The molecule has 0 bridgehead atoms. The van der Waals surface area contributed by atoms with E-state index < -0.39 is 10.0 Å². The number of hydrogen-bond donors (Lipinski definition) is 1. The summed E-state index contributed by atoms with van der Waals surface area (Å²) < 4.78 is 32.9. The van der Waals surface area contributed by atoms with E-state index in [0.29, 0.717) is 18.7 Å². The molecule has 6 nitrogen and oxygen atoms in total. The van der Waals surface area contributed by atoms with Crippen LogP contribution in [0.2, 0.25) is 0 Å². The Morgan fingerprint density at radius 1 is 0.871 bits per heavy atom. The first-order valence-corrected chi connectivity index (χ1v) is 11.4. The first-order chi connectivity index (χ1) is 15.0. The van der Waals surface area contributed by atoms with E-state index >= 15 is 0 Å². The Morgan fingerprint density at radius 3 is 2.03 bits per heavy atom. The fourth-order valence-corrected chi connectivity index (χ4v) is 4.49. The van der Waals surface area contributed by atoms with Crippen molar-refractivity contribution in [1.82, 2.24) is 9.62 Å². The van der Waals surface area contributed by atoms with Gasteiger partial charge in [0, 0.05) is 13.1 Å². The predicted molar refractivity (Wildman–Crippen MR) is 120 cm³/mol. The molecule has 7 heteroatoms. The second kappa shape index (κ2) is 10.7. The maximum Gasteiger partial charge on any atom is 0.243 e. The van der Waals surface area contributed by atoms with Crippen molar-refractivity contribution in [3.8, 4) is 5.75 Å². The molecule has 3 aromatic carbocycles.